The van der Waals surface area contributed by atoms with Crippen molar-refractivity contribution in [1.82, 2.24) is 15.3 Å². The third-order valence-electron chi connectivity index (χ3n) is 3.28. The molecule has 0 spiro atoms. The zero-order valence-corrected chi connectivity index (χ0v) is 12.5. The van der Waals surface area contributed by atoms with Gasteiger partial charge in [-0.25, -0.2) is 9.37 Å². The summed E-state index contributed by atoms with van der Waals surface area (Å²) in [5.74, 6) is 0.531. The number of rotatable bonds is 7. The lowest BCUT2D eigenvalue weighted by molar-refractivity contribution is 0.612. The van der Waals surface area contributed by atoms with Gasteiger partial charge in [0.15, 0.2) is 0 Å². The van der Waals surface area contributed by atoms with Crippen LogP contribution in [-0.2, 0) is 13.1 Å². The van der Waals surface area contributed by atoms with Crippen LogP contribution in [0.25, 0.3) is 0 Å². The van der Waals surface area contributed by atoms with Gasteiger partial charge in [0.2, 0.25) is 0 Å². The van der Waals surface area contributed by atoms with Crippen LogP contribution in [0.2, 0.25) is 0 Å². The van der Waals surface area contributed by atoms with Crippen LogP contribution in [0.1, 0.15) is 25.0 Å². The molecule has 112 valence electrons. The van der Waals surface area contributed by atoms with Crippen molar-refractivity contribution in [3.63, 3.8) is 0 Å². The first-order valence-corrected chi connectivity index (χ1v) is 7.23. The van der Waals surface area contributed by atoms with Gasteiger partial charge in [0, 0.05) is 37.6 Å². The molecule has 0 fully saturated rings. The smallest absolute Gasteiger partial charge is 0.141 e. The van der Waals surface area contributed by atoms with E-state index in [9.17, 15) is 4.39 Å². The second-order valence-electron chi connectivity index (χ2n) is 4.79. The number of nitrogens with zero attached hydrogens (tertiary/aromatic N) is 3. The molecular weight excluding hydrogens is 267 g/mol. The molecule has 0 unspecified atom stereocenters. The van der Waals surface area contributed by atoms with E-state index in [1.54, 1.807) is 18.5 Å². The maximum absolute atomic E-state index is 13.5. The van der Waals surface area contributed by atoms with Crippen molar-refractivity contribution in [2.75, 3.05) is 18.0 Å². The molecule has 2 aromatic rings. The van der Waals surface area contributed by atoms with Gasteiger partial charge in [-0.1, -0.05) is 6.92 Å². The van der Waals surface area contributed by atoms with Gasteiger partial charge < -0.3 is 10.2 Å². The Labute approximate surface area is 125 Å². The van der Waals surface area contributed by atoms with Crippen molar-refractivity contribution in [3.8, 4) is 0 Å². The Kier molecular flexibility index (Phi) is 5.63. The Bertz CT molecular complexity index is 559. The molecule has 0 amide bonds. The first-order chi connectivity index (χ1) is 10.2. The molecule has 21 heavy (non-hydrogen) atoms. The first-order valence-electron chi connectivity index (χ1n) is 7.23. The van der Waals surface area contributed by atoms with Crippen molar-refractivity contribution in [2.45, 2.75) is 26.9 Å². The van der Waals surface area contributed by atoms with Gasteiger partial charge in [0.05, 0.1) is 6.20 Å². The van der Waals surface area contributed by atoms with E-state index in [2.05, 4.69) is 27.1 Å². The number of hydrogen-bond acceptors (Lipinski definition) is 4. The zero-order valence-electron chi connectivity index (χ0n) is 12.5. The van der Waals surface area contributed by atoms with Crippen LogP contribution in [0.3, 0.4) is 0 Å². The standard InChI is InChI=1S/C16H21FN4/c1-3-18-10-14-9-15(17)11-20-16(14)21(4-2)12-13-5-7-19-8-6-13/h5-9,11,18H,3-4,10,12H2,1-2H3. The summed E-state index contributed by atoms with van der Waals surface area (Å²) in [7, 11) is 0. The Morgan fingerprint density at radius 1 is 1.24 bits per heavy atom. The van der Waals surface area contributed by atoms with Gasteiger partial charge in [-0.3, -0.25) is 4.98 Å². The maximum atomic E-state index is 13.5. The predicted molar refractivity (Wildman–Crippen MR) is 82.5 cm³/mol. The van der Waals surface area contributed by atoms with Crippen LogP contribution in [0.5, 0.6) is 0 Å². The molecule has 0 aromatic carbocycles. The van der Waals surface area contributed by atoms with E-state index >= 15 is 0 Å². The molecule has 0 aliphatic heterocycles. The van der Waals surface area contributed by atoms with E-state index in [4.69, 9.17) is 0 Å². The summed E-state index contributed by atoms with van der Waals surface area (Å²) in [6.45, 7) is 7.09. The average molecular weight is 288 g/mol. The lowest BCUT2D eigenvalue weighted by atomic mass is 10.2. The second kappa shape index (κ2) is 7.69. The van der Waals surface area contributed by atoms with E-state index in [0.717, 1.165) is 36.6 Å². The molecule has 2 rings (SSSR count). The van der Waals surface area contributed by atoms with Crippen LogP contribution >= 0.6 is 0 Å². The zero-order chi connectivity index (χ0) is 15.1. The van der Waals surface area contributed by atoms with Gasteiger partial charge in [0.25, 0.3) is 0 Å². The van der Waals surface area contributed by atoms with E-state index < -0.39 is 0 Å². The minimum absolute atomic E-state index is 0.299. The van der Waals surface area contributed by atoms with Crippen LogP contribution < -0.4 is 10.2 Å². The average Bonchev–Trinajstić information content (AvgIpc) is 2.52. The minimum atomic E-state index is -0.299. The summed E-state index contributed by atoms with van der Waals surface area (Å²) in [4.78, 5) is 10.5. The van der Waals surface area contributed by atoms with Crippen molar-refractivity contribution < 1.29 is 4.39 Å². The number of anilines is 1. The molecule has 2 heterocycles. The van der Waals surface area contributed by atoms with Crippen molar-refractivity contribution in [2.24, 2.45) is 0 Å². The van der Waals surface area contributed by atoms with Gasteiger partial charge in [-0.2, -0.15) is 0 Å². The highest BCUT2D eigenvalue weighted by Gasteiger charge is 2.13. The van der Waals surface area contributed by atoms with E-state index in [0.29, 0.717) is 6.54 Å². The number of nitrogens with one attached hydrogen (secondary N) is 1. The fraction of sp³-hybridized carbons (Fsp3) is 0.375. The largest absolute Gasteiger partial charge is 0.352 e. The first kappa shape index (κ1) is 15.4. The van der Waals surface area contributed by atoms with Crippen molar-refractivity contribution in [1.29, 1.82) is 0 Å². The normalized spacial score (nSPS) is 10.6. The number of halogens is 1. The summed E-state index contributed by atoms with van der Waals surface area (Å²) in [6, 6.07) is 5.52. The number of pyridine rings is 2. The molecular formula is C16H21FN4. The lowest BCUT2D eigenvalue weighted by Crippen LogP contribution is -2.26. The lowest BCUT2D eigenvalue weighted by Gasteiger charge is -2.24. The summed E-state index contributed by atoms with van der Waals surface area (Å²) >= 11 is 0. The summed E-state index contributed by atoms with van der Waals surface area (Å²) < 4.78 is 13.5. The molecule has 5 heteroatoms. The third-order valence-corrected chi connectivity index (χ3v) is 3.28. The van der Waals surface area contributed by atoms with Gasteiger partial charge >= 0.3 is 0 Å². The fourth-order valence-electron chi connectivity index (χ4n) is 2.19. The Morgan fingerprint density at radius 3 is 2.67 bits per heavy atom. The van der Waals surface area contributed by atoms with Gasteiger partial charge in [0.1, 0.15) is 11.6 Å². The van der Waals surface area contributed by atoms with E-state index in [1.165, 1.54) is 6.20 Å². The molecule has 0 saturated carbocycles. The predicted octanol–water partition coefficient (Wildman–Crippen LogP) is 2.75. The Morgan fingerprint density at radius 2 is 2.00 bits per heavy atom. The van der Waals surface area contributed by atoms with Crippen LogP contribution in [0, 0.1) is 5.82 Å². The van der Waals surface area contributed by atoms with E-state index in [-0.39, 0.29) is 5.82 Å². The Hall–Kier alpha value is -2.01. The molecule has 0 aliphatic rings. The van der Waals surface area contributed by atoms with Crippen molar-refractivity contribution in [3.05, 3.63) is 53.7 Å². The topological polar surface area (TPSA) is 41.1 Å². The van der Waals surface area contributed by atoms with Crippen molar-refractivity contribution >= 4 is 5.82 Å². The molecule has 1 N–H and O–H groups in total. The molecule has 0 radical (unpaired) electrons. The Balaban J connectivity index is 2.24. The molecule has 0 atom stereocenters. The van der Waals surface area contributed by atoms with Crippen LogP contribution in [-0.4, -0.2) is 23.1 Å². The maximum Gasteiger partial charge on any atom is 0.141 e. The van der Waals surface area contributed by atoms with Gasteiger partial charge in [-0.15, -0.1) is 0 Å². The summed E-state index contributed by atoms with van der Waals surface area (Å²) in [5, 5.41) is 3.23. The summed E-state index contributed by atoms with van der Waals surface area (Å²) in [5.41, 5.74) is 2.04. The number of aromatic nitrogens is 2. The molecule has 4 nitrogen and oxygen atoms in total. The molecule has 0 bridgehead atoms. The van der Waals surface area contributed by atoms with E-state index in [1.807, 2.05) is 19.1 Å². The highest BCUT2D eigenvalue weighted by molar-refractivity contribution is 5.47. The van der Waals surface area contributed by atoms with Crippen LogP contribution in [0.4, 0.5) is 10.2 Å². The minimum Gasteiger partial charge on any atom is -0.352 e. The highest BCUT2D eigenvalue weighted by atomic mass is 19.1. The second-order valence-corrected chi connectivity index (χ2v) is 4.79. The molecule has 0 saturated heterocycles. The molecule has 2 aromatic heterocycles. The SMILES string of the molecule is CCNCc1cc(F)cnc1N(CC)Cc1ccncc1. The monoisotopic (exact) mass is 288 g/mol. The third kappa shape index (κ3) is 4.23. The fourth-order valence-corrected chi connectivity index (χ4v) is 2.19. The van der Waals surface area contributed by atoms with Gasteiger partial charge in [-0.05, 0) is 37.2 Å². The summed E-state index contributed by atoms with van der Waals surface area (Å²) in [6.07, 6.45) is 4.83. The van der Waals surface area contributed by atoms with Crippen LogP contribution in [0.15, 0.2) is 36.8 Å². The number of hydrogen-bond donors (Lipinski definition) is 1. The molecule has 0 aliphatic carbocycles. The quantitative estimate of drug-likeness (QED) is 0.850. The highest BCUT2D eigenvalue weighted by Crippen LogP contribution is 2.20.